The first-order valence-corrected chi connectivity index (χ1v) is 13.0. The molecule has 2 heterocycles. The molecule has 0 radical (unpaired) electrons. The van der Waals surface area contributed by atoms with E-state index in [4.69, 9.17) is 0 Å². The maximum absolute atomic E-state index is 13.4. The number of benzene rings is 1. The lowest BCUT2D eigenvalue weighted by Crippen LogP contribution is -2.43. The maximum atomic E-state index is 13.4. The van der Waals surface area contributed by atoms with Gasteiger partial charge in [-0.15, -0.1) is 11.3 Å². The molecule has 0 atom stereocenters. The van der Waals surface area contributed by atoms with Crippen LogP contribution in [0.2, 0.25) is 0 Å². The maximum Gasteiger partial charge on any atom is 0.332 e. The van der Waals surface area contributed by atoms with Gasteiger partial charge in [0.25, 0.3) is 5.56 Å². The molecule has 35 heavy (non-hydrogen) atoms. The van der Waals surface area contributed by atoms with E-state index < -0.39 is 5.69 Å². The van der Waals surface area contributed by atoms with Gasteiger partial charge in [-0.25, -0.2) is 4.79 Å². The third-order valence-electron chi connectivity index (χ3n) is 6.65. The first-order valence-electron chi connectivity index (χ1n) is 12.1. The highest BCUT2D eigenvalue weighted by molar-refractivity contribution is 7.17. The van der Waals surface area contributed by atoms with Crippen LogP contribution in [0.15, 0.2) is 45.3 Å². The smallest absolute Gasteiger partial charge is 0.332 e. The highest BCUT2D eigenvalue weighted by Crippen LogP contribution is 2.30. The molecule has 0 aliphatic heterocycles. The summed E-state index contributed by atoms with van der Waals surface area (Å²) in [6.07, 6.45) is 3.04. The van der Waals surface area contributed by atoms with E-state index in [-0.39, 0.29) is 41.8 Å². The van der Waals surface area contributed by atoms with E-state index >= 15 is 0 Å². The zero-order valence-corrected chi connectivity index (χ0v) is 21.2. The van der Waals surface area contributed by atoms with Gasteiger partial charge in [0.05, 0.1) is 5.52 Å². The fraction of sp³-hybridized carbons (Fsp3) is 0.462. The molecule has 3 aromatic rings. The normalized spacial score (nSPS) is 18.1. The third kappa shape index (κ3) is 5.56. The molecule has 0 unspecified atom stereocenters. The standard InChI is InChI=1S/C26H32N4O4S/c1-16(2)27-24(32)19-10-8-18(9-11-19)14-30-25(33)23-21(12-13-35-23)29(26(30)34)15-22(31)28-20-7-5-4-6-17(20)3/h4-7,12-13,16,18-19H,8-11,14-15H2,1-3H3,(H,27,32)(H,28,31). The van der Waals surface area contributed by atoms with Crippen molar-refractivity contribution in [2.75, 3.05) is 5.32 Å². The lowest BCUT2D eigenvalue weighted by atomic mass is 9.81. The number of rotatable bonds is 7. The van der Waals surface area contributed by atoms with Crippen LogP contribution in [0, 0.1) is 18.8 Å². The molecule has 186 valence electrons. The topological polar surface area (TPSA) is 102 Å². The number of para-hydroxylation sites is 1. The molecule has 2 amide bonds. The highest BCUT2D eigenvalue weighted by Gasteiger charge is 2.28. The number of carbonyl (C=O) groups excluding carboxylic acids is 2. The predicted molar refractivity (Wildman–Crippen MR) is 139 cm³/mol. The fourth-order valence-electron chi connectivity index (χ4n) is 4.76. The Bertz CT molecular complexity index is 1350. The van der Waals surface area contributed by atoms with Crippen LogP contribution < -0.4 is 21.9 Å². The van der Waals surface area contributed by atoms with Crippen molar-refractivity contribution in [2.24, 2.45) is 11.8 Å². The van der Waals surface area contributed by atoms with Crippen LogP contribution in [0.5, 0.6) is 0 Å². The fourth-order valence-corrected chi connectivity index (χ4v) is 5.60. The minimum Gasteiger partial charge on any atom is -0.354 e. The largest absolute Gasteiger partial charge is 0.354 e. The van der Waals surface area contributed by atoms with Crippen molar-refractivity contribution in [3.05, 3.63) is 62.1 Å². The van der Waals surface area contributed by atoms with Crippen molar-refractivity contribution in [1.82, 2.24) is 14.5 Å². The lowest BCUT2D eigenvalue weighted by Gasteiger charge is -2.28. The summed E-state index contributed by atoms with van der Waals surface area (Å²) < 4.78 is 3.14. The van der Waals surface area contributed by atoms with Crippen LogP contribution in [-0.4, -0.2) is 27.0 Å². The molecule has 1 saturated carbocycles. The number of nitrogens with one attached hydrogen (secondary N) is 2. The number of anilines is 1. The van der Waals surface area contributed by atoms with Crippen LogP contribution in [0.3, 0.4) is 0 Å². The van der Waals surface area contributed by atoms with E-state index in [1.807, 2.05) is 45.0 Å². The highest BCUT2D eigenvalue weighted by atomic mass is 32.1. The van der Waals surface area contributed by atoms with E-state index in [9.17, 15) is 19.2 Å². The quantitative estimate of drug-likeness (QED) is 0.523. The van der Waals surface area contributed by atoms with E-state index in [1.54, 1.807) is 11.4 Å². The van der Waals surface area contributed by atoms with E-state index in [0.717, 1.165) is 31.2 Å². The average Bonchev–Trinajstić information content (AvgIpc) is 3.31. The predicted octanol–water partition coefficient (Wildman–Crippen LogP) is 3.50. The third-order valence-corrected chi connectivity index (χ3v) is 7.54. The van der Waals surface area contributed by atoms with Crippen molar-refractivity contribution in [2.45, 2.75) is 65.6 Å². The molecule has 1 aliphatic rings. The van der Waals surface area contributed by atoms with Gasteiger partial charge < -0.3 is 10.6 Å². The van der Waals surface area contributed by atoms with Crippen molar-refractivity contribution in [3.63, 3.8) is 0 Å². The van der Waals surface area contributed by atoms with Gasteiger partial charge in [-0.2, -0.15) is 0 Å². The number of amides is 2. The first-order chi connectivity index (χ1) is 16.7. The Labute approximate surface area is 208 Å². The summed E-state index contributed by atoms with van der Waals surface area (Å²) in [6, 6.07) is 9.28. The van der Waals surface area contributed by atoms with Crippen LogP contribution in [0.4, 0.5) is 5.69 Å². The van der Waals surface area contributed by atoms with E-state index in [0.29, 0.717) is 22.4 Å². The Morgan fingerprint density at radius 2 is 1.77 bits per heavy atom. The Morgan fingerprint density at radius 3 is 2.46 bits per heavy atom. The number of hydrogen-bond donors (Lipinski definition) is 2. The summed E-state index contributed by atoms with van der Waals surface area (Å²) >= 11 is 1.28. The minimum atomic E-state index is -0.472. The summed E-state index contributed by atoms with van der Waals surface area (Å²) in [5.41, 5.74) is 1.32. The van der Waals surface area contributed by atoms with Crippen LogP contribution >= 0.6 is 11.3 Å². The summed E-state index contributed by atoms with van der Waals surface area (Å²) in [5.74, 6) is -0.129. The molecule has 0 spiro atoms. The van der Waals surface area contributed by atoms with Gasteiger partial charge in [-0.05, 0) is 75.4 Å². The number of nitrogens with zero attached hydrogens (tertiary/aromatic N) is 2. The van der Waals surface area contributed by atoms with Gasteiger partial charge >= 0.3 is 5.69 Å². The van der Waals surface area contributed by atoms with E-state index in [1.165, 1.54) is 20.5 Å². The average molecular weight is 497 g/mol. The lowest BCUT2D eigenvalue weighted by molar-refractivity contribution is -0.126. The Hall–Kier alpha value is -3.20. The molecule has 1 aliphatic carbocycles. The monoisotopic (exact) mass is 496 g/mol. The summed E-state index contributed by atoms with van der Waals surface area (Å²) in [4.78, 5) is 51.7. The molecule has 2 N–H and O–H groups in total. The molecule has 4 rings (SSSR count). The zero-order chi connectivity index (χ0) is 25.1. The van der Waals surface area contributed by atoms with Crippen molar-refractivity contribution in [3.8, 4) is 0 Å². The second-order valence-electron chi connectivity index (χ2n) is 9.66. The SMILES string of the molecule is Cc1ccccc1NC(=O)Cn1c(=O)n(CC2CCC(C(=O)NC(C)C)CC2)c(=O)c2sccc21. The van der Waals surface area contributed by atoms with Gasteiger partial charge in [0.1, 0.15) is 11.2 Å². The van der Waals surface area contributed by atoms with Gasteiger partial charge in [0.15, 0.2) is 0 Å². The van der Waals surface area contributed by atoms with Gasteiger partial charge in [0.2, 0.25) is 11.8 Å². The molecular formula is C26H32N4O4S. The van der Waals surface area contributed by atoms with Gasteiger partial charge in [-0.3, -0.25) is 23.5 Å². The first kappa shape index (κ1) is 24.9. The molecule has 0 saturated heterocycles. The Kier molecular flexibility index (Phi) is 7.54. The zero-order valence-electron chi connectivity index (χ0n) is 20.4. The van der Waals surface area contributed by atoms with E-state index in [2.05, 4.69) is 10.6 Å². The van der Waals surface area contributed by atoms with Gasteiger partial charge in [0, 0.05) is 24.2 Å². The summed E-state index contributed by atoms with van der Waals surface area (Å²) in [5, 5.41) is 7.61. The van der Waals surface area contributed by atoms with Gasteiger partial charge in [-0.1, -0.05) is 18.2 Å². The molecule has 9 heteroatoms. The molecule has 1 fully saturated rings. The molecule has 2 aromatic heterocycles. The molecular weight excluding hydrogens is 464 g/mol. The number of thiophene rings is 1. The number of fused-ring (bicyclic) bond motifs is 1. The summed E-state index contributed by atoms with van der Waals surface area (Å²) in [6.45, 7) is 5.92. The van der Waals surface area contributed by atoms with Crippen molar-refractivity contribution in [1.29, 1.82) is 0 Å². The second-order valence-corrected chi connectivity index (χ2v) is 10.6. The van der Waals surface area contributed by atoms with Crippen molar-refractivity contribution < 1.29 is 9.59 Å². The summed E-state index contributed by atoms with van der Waals surface area (Å²) in [7, 11) is 0. The number of aryl methyl sites for hydroxylation is 1. The molecule has 1 aromatic carbocycles. The molecule has 8 nitrogen and oxygen atoms in total. The number of aromatic nitrogens is 2. The number of hydrogen-bond acceptors (Lipinski definition) is 5. The van der Waals surface area contributed by atoms with Crippen LogP contribution in [-0.2, 0) is 22.7 Å². The van der Waals surface area contributed by atoms with Crippen LogP contribution in [0.1, 0.15) is 45.1 Å². The number of carbonyl (C=O) groups is 2. The Morgan fingerprint density at radius 1 is 1.06 bits per heavy atom. The van der Waals surface area contributed by atoms with Crippen LogP contribution in [0.25, 0.3) is 10.2 Å². The second kappa shape index (κ2) is 10.6. The minimum absolute atomic E-state index is 0.0213. The molecule has 0 bridgehead atoms. The Balaban J connectivity index is 1.53. The van der Waals surface area contributed by atoms with Crippen molar-refractivity contribution >= 4 is 39.1 Å².